The summed E-state index contributed by atoms with van der Waals surface area (Å²) in [5.41, 5.74) is 1.14. The van der Waals surface area contributed by atoms with Crippen molar-refractivity contribution in [2.75, 3.05) is 13.1 Å². The van der Waals surface area contributed by atoms with Crippen molar-refractivity contribution in [3.8, 4) is 0 Å². The molecular formula is C17H28N2OS. The molecule has 0 aliphatic heterocycles. The minimum Gasteiger partial charge on any atom is -0.354 e. The summed E-state index contributed by atoms with van der Waals surface area (Å²) in [5, 5.41) is 2.69. The van der Waals surface area contributed by atoms with Crippen LogP contribution in [-0.4, -0.2) is 41.2 Å². The predicted octanol–water partition coefficient (Wildman–Crippen LogP) is 2.76. The largest absolute Gasteiger partial charge is 0.354 e. The van der Waals surface area contributed by atoms with Gasteiger partial charge in [-0.05, 0) is 39.7 Å². The summed E-state index contributed by atoms with van der Waals surface area (Å²) in [5.74, 6) is 0.00893. The van der Waals surface area contributed by atoms with Gasteiger partial charge in [0, 0.05) is 25.2 Å². The maximum atomic E-state index is 12.1. The van der Waals surface area contributed by atoms with Crippen molar-refractivity contribution < 1.29 is 4.79 Å². The maximum absolute atomic E-state index is 12.1. The van der Waals surface area contributed by atoms with Crippen LogP contribution >= 0.6 is 12.6 Å². The lowest BCUT2D eigenvalue weighted by Crippen LogP contribution is -2.44. The number of carbonyl (C=O) groups is 1. The van der Waals surface area contributed by atoms with E-state index in [0.717, 1.165) is 12.1 Å². The lowest BCUT2D eigenvalue weighted by atomic mass is 10.1. The zero-order chi connectivity index (χ0) is 15.8. The highest BCUT2D eigenvalue weighted by atomic mass is 32.1. The lowest BCUT2D eigenvalue weighted by Gasteiger charge is -2.30. The van der Waals surface area contributed by atoms with Gasteiger partial charge in [-0.25, -0.2) is 0 Å². The molecule has 118 valence electrons. The van der Waals surface area contributed by atoms with E-state index in [-0.39, 0.29) is 11.2 Å². The fraction of sp³-hybridized carbons (Fsp3) is 0.588. The molecule has 1 unspecified atom stereocenters. The molecule has 0 aliphatic carbocycles. The van der Waals surface area contributed by atoms with E-state index in [1.807, 2.05) is 30.3 Å². The van der Waals surface area contributed by atoms with Gasteiger partial charge < -0.3 is 5.32 Å². The first-order chi connectivity index (χ1) is 9.91. The SMILES string of the molecule is CC(C)N(CCNC(=O)C(S)Cc1ccccc1)C(C)C. The molecule has 1 aromatic rings. The fourth-order valence-electron chi connectivity index (χ4n) is 2.47. The standard InChI is InChI=1S/C17H28N2OS/c1-13(2)19(14(3)4)11-10-18-17(20)16(21)12-15-8-6-5-7-9-15/h5-9,13-14,16,21H,10-12H2,1-4H3,(H,18,20). The molecule has 1 amide bonds. The van der Waals surface area contributed by atoms with E-state index in [9.17, 15) is 4.79 Å². The average molecular weight is 308 g/mol. The topological polar surface area (TPSA) is 32.3 Å². The smallest absolute Gasteiger partial charge is 0.233 e. The summed E-state index contributed by atoms with van der Waals surface area (Å²) >= 11 is 4.42. The molecular weight excluding hydrogens is 280 g/mol. The molecule has 0 aliphatic rings. The first kappa shape index (κ1) is 18.1. The first-order valence-electron chi connectivity index (χ1n) is 7.67. The second kappa shape index (κ2) is 9.11. The van der Waals surface area contributed by atoms with Gasteiger partial charge in [-0.15, -0.1) is 0 Å². The fourth-order valence-corrected chi connectivity index (χ4v) is 2.77. The van der Waals surface area contributed by atoms with Gasteiger partial charge in [-0.2, -0.15) is 12.6 Å². The number of hydrogen-bond acceptors (Lipinski definition) is 3. The number of benzene rings is 1. The molecule has 1 N–H and O–H groups in total. The molecule has 0 bridgehead atoms. The third kappa shape index (κ3) is 6.53. The van der Waals surface area contributed by atoms with Crippen LogP contribution in [0.5, 0.6) is 0 Å². The Morgan fingerprint density at radius 2 is 1.71 bits per heavy atom. The molecule has 1 rings (SSSR count). The Balaban J connectivity index is 2.36. The minimum absolute atomic E-state index is 0.00893. The maximum Gasteiger partial charge on any atom is 0.233 e. The second-order valence-electron chi connectivity index (χ2n) is 5.92. The van der Waals surface area contributed by atoms with Crippen molar-refractivity contribution in [2.45, 2.75) is 51.4 Å². The van der Waals surface area contributed by atoms with Crippen molar-refractivity contribution in [3.63, 3.8) is 0 Å². The van der Waals surface area contributed by atoms with E-state index in [4.69, 9.17) is 0 Å². The van der Waals surface area contributed by atoms with Crippen LogP contribution in [0.1, 0.15) is 33.3 Å². The summed E-state index contributed by atoms with van der Waals surface area (Å²) in [4.78, 5) is 14.4. The third-order valence-corrected chi connectivity index (χ3v) is 3.99. The average Bonchev–Trinajstić information content (AvgIpc) is 2.43. The summed E-state index contributed by atoms with van der Waals surface area (Å²) in [6.07, 6.45) is 0.661. The lowest BCUT2D eigenvalue weighted by molar-refractivity contribution is -0.120. The van der Waals surface area contributed by atoms with Gasteiger partial charge in [0.15, 0.2) is 0 Å². The van der Waals surface area contributed by atoms with Crippen LogP contribution < -0.4 is 5.32 Å². The Kier molecular flexibility index (Phi) is 7.83. The highest BCUT2D eigenvalue weighted by Crippen LogP contribution is 2.08. The summed E-state index contributed by atoms with van der Waals surface area (Å²) in [6, 6.07) is 11.0. The Morgan fingerprint density at radius 1 is 1.14 bits per heavy atom. The zero-order valence-electron chi connectivity index (χ0n) is 13.5. The number of rotatable bonds is 8. The predicted molar refractivity (Wildman–Crippen MR) is 92.9 cm³/mol. The number of hydrogen-bond donors (Lipinski definition) is 2. The summed E-state index contributed by atoms with van der Waals surface area (Å²) < 4.78 is 0. The molecule has 0 heterocycles. The van der Waals surface area contributed by atoms with Gasteiger partial charge in [0.05, 0.1) is 5.25 Å². The van der Waals surface area contributed by atoms with E-state index >= 15 is 0 Å². The van der Waals surface area contributed by atoms with E-state index in [0.29, 0.717) is 25.0 Å². The van der Waals surface area contributed by atoms with Gasteiger partial charge in [0.1, 0.15) is 0 Å². The van der Waals surface area contributed by atoms with Crippen molar-refractivity contribution in [3.05, 3.63) is 35.9 Å². The van der Waals surface area contributed by atoms with Gasteiger partial charge in [-0.1, -0.05) is 30.3 Å². The molecule has 0 spiro atoms. The second-order valence-corrected chi connectivity index (χ2v) is 6.55. The number of thiol groups is 1. The number of amides is 1. The van der Waals surface area contributed by atoms with Crippen molar-refractivity contribution >= 4 is 18.5 Å². The normalized spacial score (nSPS) is 13.0. The molecule has 1 aromatic carbocycles. The van der Waals surface area contributed by atoms with Crippen LogP contribution in [-0.2, 0) is 11.2 Å². The molecule has 1 atom stereocenters. The van der Waals surface area contributed by atoms with E-state index in [1.165, 1.54) is 0 Å². The molecule has 21 heavy (non-hydrogen) atoms. The highest BCUT2D eigenvalue weighted by molar-refractivity contribution is 7.81. The molecule has 0 saturated carbocycles. The molecule has 4 heteroatoms. The van der Waals surface area contributed by atoms with E-state index in [2.05, 4.69) is 50.5 Å². The van der Waals surface area contributed by atoms with Crippen LogP contribution in [0.3, 0.4) is 0 Å². The molecule has 0 aromatic heterocycles. The Hall–Kier alpha value is -1.00. The summed E-state index contributed by atoms with van der Waals surface area (Å²) in [7, 11) is 0. The third-order valence-electron chi connectivity index (χ3n) is 3.57. The van der Waals surface area contributed by atoms with Crippen LogP contribution in [0, 0.1) is 0 Å². The van der Waals surface area contributed by atoms with Gasteiger partial charge in [-0.3, -0.25) is 9.69 Å². The minimum atomic E-state index is -0.293. The van der Waals surface area contributed by atoms with Crippen LogP contribution in [0.25, 0.3) is 0 Å². The highest BCUT2D eigenvalue weighted by Gasteiger charge is 2.16. The quantitative estimate of drug-likeness (QED) is 0.724. The van der Waals surface area contributed by atoms with E-state index < -0.39 is 0 Å². The number of carbonyl (C=O) groups excluding carboxylic acids is 1. The molecule has 0 saturated heterocycles. The summed E-state index contributed by atoms with van der Waals surface area (Å²) in [6.45, 7) is 10.3. The van der Waals surface area contributed by atoms with Gasteiger partial charge in [0.2, 0.25) is 5.91 Å². The number of nitrogens with zero attached hydrogens (tertiary/aromatic N) is 1. The Labute approximate surface area is 134 Å². The van der Waals surface area contributed by atoms with E-state index in [1.54, 1.807) is 0 Å². The Bertz CT molecular complexity index is 412. The van der Waals surface area contributed by atoms with Crippen molar-refractivity contribution in [1.29, 1.82) is 0 Å². The van der Waals surface area contributed by atoms with Gasteiger partial charge in [0.25, 0.3) is 0 Å². The Morgan fingerprint density at radius 3 is 2.24 bits per heavy atom. The first-order valence-corrected chi connectivity index (χ1v) is 8.19. The van der Waals surface area contributed by atoms with Crippen LogP contribution in [0.4, 0.5) is 0 Å². The van der Waals surface area contributed by atoms with Crippen molar-refractivity contribution in [2.24, 2.45) is 0 Å². The van der Waals surface area contributed by atoms with Crippen LogP contribution in [0.15, 0.2) is 30.3 Å². The molecule has 0 radical (unpaired) electrons. The zero-order valence-corrected chi connectivity index (χ0v) is 14.4. The molecule has 0 fully saturated rings. The van der Waals surface area contributed by atoms with Crippen LogP contribution in [0.2, 0.25) is 0 Å². The number of nitrogens with one attached hydrogen (secondary N) is 1. The monoisotopic (exact) mass is 308 g/mol. The van der Waals surface area contributed by atoms with Crippen molar-refractivity contribution in [1.82, 2.24) is 10.2 Å². The molecule has 3 nitrogen and oxygen atoms in total. The van der Waals surface area contributed by atoms with Gasteiger partial charge >= 0.3 is 0 Å².